The number of rotatable bonds is 5. The molecule has 0 aromatic carbocycles. The Morgan fingerprint density at radius 2 is 1.29 bits per heavy atom. The van der Waals surface area contributed by atoms with Crippen LogP contribution in [0.15, 0.2) is 5.18 Å². The molecule has 0 radical (unpaired) electrons. The van der Waals surface area contributed by atoms with Crippen molar-refractivity contribution in [3.05, 3.63) is 4.91 Å². The molecule has 0 amide bonds. The van der Waals surface area contributed by atoms with Gasteiger partial charge in [-0.05, 0) is 41.5 Å². The van der Waals surface area contributed by atoms with E-state index in [1.54, 1.807) is 20.8 Å². The third kappa shape index (κ3) is 21.0. The first-order valence-corrected chi connectivity index (χ1v) is 6.84. The van der Waals surface area contributed by atoms with Crippen LogP contribution in [0, 0.1) is 4.91 Å². The second-order valence-electron chi connectivity index (χ2n) is 6.31. The highest BCUT2D eigenvalue weighted by molar-refractivity contribution is 5.70. The van der Waals surface area contributed by atoms with E-state index in [0.717, 1.165) is 0 Å². The first-order valence-electron chi connectivity index (χ1n) is 6.84. The number of nitrogens with two attached hydrogens (primary N) is 1. The van der Waals surface area contributed by atoms with E-state index in [1.165, 1.54) is 0 Å². The third-order valence-corrected chi connectivity index (χ3v) is 1.60. The number of ether oxygens (including phenoxy) is 2. The highest BCUT2D eigenvalue weighted by atomic mass is 16.6. The van der Waals surface area contributed by atoms with E-state index in [0.29, 0.717) is 13.0 Å². The van der Waals surface area contributed by atoms with Gasteiger partial charge in [-0.2, -0.15) is 4.91 Å². The molecule has 21 heavy (non-hydrogen) atoms. The molecule has 0 fully saturated rings. The molecule has 124 valence electrons. The number of carbonyl (C=O) groups excluding carboxylic acids is 2. The maximum absolute atomic E-state index is 10.8. The van der Waals surface area contributed by atoms with Gasteiger partial charge in [0.15, 0.2) is 0 Å². The van der Waals surface area contributed by atoms with Crippen LogP contribution in [0.1, 0.15) is 54.4 Å². The summed E-state index contributed by atoms with van der Waals surface area (Å²) in [4.78, 5) is 31.2. The summed E-state index contributed by atoms with van der Waals surface area (Å²) in [5, 5.41) is 2.55. The summed E-state index contributed by atoms with van der Waals surface area (Å²) in [6.07, 6.45) is 0.373. The number of nitrogens with zero attached hydrogens (tertiary/aromatic N) is 1. The fourth-order valence-corrected chi connectivity index (χ4v) is 1.04. The zero-order valence-electron chi connectivity index (χ0n) is 13.9. The van der Waals surface area contributed by atoms with Gasteiger partial charge in [0.05, 0.1) is 19.4 Å². The van der Waals surface area contributed by atoms with E-state index < -0.39 is 5.60 Å². The van der Waals surface area contributed by atoms with Crippen molar-refractivity contribution >= 4 is 11.9 Å². The molecule has 0 rings (SSSR count). The van der Waals surface area contributed by atoms with Crippen molar-refractivity contribution in [1.29, 1.82) is 0 Å². The predicted octanol–water partition coefficient (Wildman–Crippen LogP) is 2.16. The van der Waals surface area contributed by atoms with Crippen molar-refractivity contribution in [2.75, 3.05) is 13.1 Å². The second kappa shape index (κ2) is 10.3. The molecule has 0 aliphatic heterocycles. The Morgan fingerprint density at radius 3 is 1.57 bits per heavy atom. The van der Waals surface area contributed by atoms with Gasteiger partial charge < -0.3 is 15.2 Å². The lowest BCUT2D eigenvalue weighted by Crippen LogP contribution is -2.25. The number of carbonyl (C=O) groups is 2. The summed E-state index contributed by atoms with van der Waals surface area (Å²) in [7, 11) is 0. The Hall–Kier alpha value is -1.50. The normalized spacial score (nSPS) is 11.0. The lowest BCUT2D eigenvalue weighted by atomic mass is 10.2. The topological polar surface area (TPSA) is 108 Å². The molecule has 0 spiro atoms. The Labute approximate surface area is 126 Å². The molecule has 0 aromatic heterocycles. The van der Waals surface area contributed by atoms with Gasteiger partial charge in [0.2, 0.25) is 0 Å². The summed E-state index contributed by atoms with van der Waals surface area (Å²) in [6.45, 7) is 11.2. The zero-order chi connectivity index (χ0) is 17.1. The van der Waals surface area contributed by atoms with Gasteiger partial charge in [-0.25, -0.2) is 0 Å². The van der Waals surface area contributed by atoms with Crippen LogP contribution in [-0.2, 0) is 19.1 Å². The van der Waals surface area contributed by atoms with E-state index in [4.69, 9.17) is 15.2 Å². The fraction of sp³-hybridized carbons (Fsp3) is 0.857. The minimum absolute atomic E-state index is 0.00505. The van der Waals surface area contributed by atoms with Crippen molar-refractivity contribution < 1.29 is 19.1 Å². The highest BCUT2D eigenvalue weighted by Crippen LogP contribution is 2.08. The fourth-order valence-electron chi connectivity index (χ4n) is 1.04. The number of esters is 2. The minimum atomic E-state index is -0.472. The van der Waals surface area contributed by atoms with Crippen molar-refractivity contribution in [1.82, 2.24) is 0 Å². The summed E-state index contributed by atoms with van der Waals surface area (Å²) >= 11 is 0. The first kappa shape index (κ1) is 21.8. The van der Waals surface area contributed by atoms with Crippen LogP contribution in [0.25, 0.3) is 0 Å². The number of hydrogen-bond donors (Lipinski definition) is 1. The Bertz CT molecular complexity index is 329. The third-order valence-electron chi connectivity index (χ3n) is 1.60. The van der Waals surface area contributed by atoms with E-state index >= 15 is 0 Å². The average molecular weight is 304 g/mol. The van der Waals surface area contributed by atoms with Gasteiger partial charge in [-0.1, -0.05) is 5.18 Å². The Balaban J connectivity index is 0. The summed E-state index contributed by atoms with van der Waals surface area (Å²) in [5.74, 6) is -0.605. The van der Waals surface area contributed by atoms with Crippen LogP contribution in [0.3, 0.4) is 0 Å². The predicted molar refractivity (Wildman–Crippen MR) is 80.6 cm³/mol. The van der Waals surface area contributed by atoms with Crippen LogP contribution in [0.5, 0.6) is 0 Å². The van der Waals surface area contributed by atoms with Crippen molar-refractivity contribution in [2.24, 2.45) is 10.9 Å². The van der Waals surface area contributed by atoms with Gasteiger partial charge >= 0.3 is 11.9 Å². The Kier molecular flexibility index (Phi) is 10.6. The molecule has 0 unspecified atom stereocenters. The standard InChI is InChI=1S/C7H13NO3.C7H15NO2/c1-7(2,3)11-6(9)4-5-8-10;1-7(2,3)10-6(9)4-5-8/h4-5H2,1-3H3;4-5,8H2,1-3H3. The summed E-state index contributed by atoms with van der Waals surface area (Å²) in [5.41, 5.74) is 4.29. The largest absolute Gasteiger partial charge is 0.460 e. The molecule has 0 aliphatic carbocycles. The van der Waals surface area contributed by atoms with Crippen LogP contribution in [0.4, 0.5) is 0 Å². The Morgan fingerprint density at radius 1 is 0.905 bits per heavy atom. The van der Waals surface area contributed by atoms with Gasteiger partial charge in [-0.15, -0.1) is 0 Å². The average Bonchev–Trinajstić information content (AvgIpc) is 2.22. The van der Waals surface area contributed by atoms with Gasteiger partial charge in [0.1, 0.15) is 11.2 Å². The summed E-state index contributed by atoms with van der Waals surface area (Å²) < 4.78 is 9.86. The molecule has 0 heterocycles. The zero-order valence-corrected chi connectivity index (χ0v) is 13.9. The van der Waals surface area contributed by atoms with Crippen molar-refractivity contribution in [3.8, 4) is 0 Å². The lowest BCUT2D eigenvalue weighted by molar-refractivity contribution is -0.155. The maximum Gasteiger partial charge on any atom is 0.308 e. The van der Waals surface area contributed by atoms with Crippen LogP contribution >= 0.6 is 0 Å². The lowest BCUT2D eigenvalue weighted by Gasteiger charge is -2.18. The minimum Gasteiger partial charge on any atom is -0.460 e. The SMILES string of the molecule is CC(C)(C)OC(=O)CCN.CC(C)(C)OC(=O)CCN=O. The second-order valence-corrected chi connectivity index (χ2v) is 6.31. The molecule has 0 bridgehead atoms. The van der Waals surface area contributed by atoms with E-state index in [2.05, 4.69) is 5.18 Å². The molecule has 0 saturated heterocycles. The molecule has 0 aromatic rings. The molecule has 0 aliphatic rings. The van der Waals surface area contributed by atoms with Gasteiger partial charge in [-0.3, -0.25) is 9.59 Å². The van der Waals surface area contributed by atoms with Crippen LogP contribution in [0.2, 0.25) is 0 Å². The smallest absolute Gasteiger partial charge is 0.308 e. The van der Waals surface area contributed by atoms with Crippen LogP contribution in [-0.4, -0.2) is 36.2 Å². The monoisotopic (exact) mass is 304 g/mol. The molecule has 2 N–H and O–H groups in total. The van der Waals surface area contributed by atoms with Gasteiger partial charge in [0, 0.05) is 6.54 Å². The highest BCUT2D eigenvalue weighted by Gasteiger charge is 2.15. The van der Waals surface area contributed by atoms with E-state index in [-0.39, 0.29) is 30.5 Å². The van der Waals surface area contributed by atoms with Crippen molar-refractivity contribution in [2.45, 2.75) is 65.6 Å². The van der Waals surface area contributed by atoms with E-state index in [9.17, 15) is 14.5 Å². The van der Waals surface area contributed by atoms with Crippen molar-refractivity contribution in [3.63, 3.8) is 0 Å². The maximum atomic E-state index is 10.8. The first-order chi connectivity index (χ1) is 9.41. The molecule has 0 saturated carbocycles. The molecular weight excluding hydrogens is 276 g/mol. The quantitative estimate of drug-likeness (QED) is 0.616. The van der Waals surface area contributed by atoms with E-state index in [1.807, 2.05) is 20.8 Å². The van der Waals surface area contributed by atoms with Gasteiger partial charge in [0.25, 0.3) is 0 Å². The number of nitroso groups, excluding NO2 is 1. The summed E-state index contributed by atoms with van der Waals surface area (Å²) in [6, 6.07) is 0. The van der Waals surface area contributed by atoms with Crippen LogP contribution < -0.4 is 5.73 Å². The molecule has 7 nitrogen and oxygen atoms in total. The number of hydrogen-bond acceptors (Lipinski definition) is 7. The molecular formula is C14H28N2O5. The molecule has 0 atom stereocenters. The molecule has 7 heteroatoms.